The van der Waals surface area contributed by atoms with Gasteiger partial charge in [0.15, 0.2) is 5.60 Å². The normalized spacial score (nSPS) is 15.9. The molecule has 0 spiro atoms. The molecule has 1 N–H and O–H groups in total. The molecular formula is C22H23ClN2O3. The highest BCUT2D eigenvalue weighted by atomic mass is 35.5. The van der Waals surface area contributed by atoms with Crippen molar-refractivity contribution in [2.75, 3.05) is 6.54 Å². The molecule has 0 saturated carbocycles. The van der Waals surface area contributed by atoms with Gasteiger partial charge >= 0.3 is 0 Å². The van der Waals surface area contributed by atoms with Crippen molar-refractivity contribution in [3.8, 4) is 5.75 Å². The largest absolute Gasteiger partial charge is 0.478 e. The van der Waals surface area contributed by atoms with E-state index in [9.17, 15) is 9.59 Å². The molecule has 2 aromatic rings. The quantitative estimate of drug-likeness (QED) is 0.813. The highest BCUT2D eigenvalue weighted by Gasteiger charge is 2.30. The molecule has 1 aliphatic heterocycles. The van der Waals surface area contributed by atoms with E-state index in [1.807, 2.05) is 31.2 Å². The molecule has 1 unspecified atom stereocenters. The van der Waals surface area contributed by atoms with Crippen LogP contribution in [-0.4, -0.2) is 24.0 Å². The molecule has 0 aliphatic carbocycles. The number of nitrogens with one attached hydrogen (secondary N) is 1. The number of benzene rings is 2. The van der Waals surface area contributed by atoms with Gasteiger partial charge in [-0.05, 0) is 68.3 Å². The number of hydrogen-bond acceptors (Lipinski definition) is 3. The van der Waals surface area contributed by atoms with E-state index in [2.05, 4.69) is 10.3 Å². The van der Waals surface area contributed by atoms with Crippen molar-refractivity contribution < 1.29 is 14.3 Å². The minimum atomic E-state index is -1.05. The summed E-state index contributed by atoms with van der Waals surface area (Å²) >= 11 is 5.87. The molecule has 3 rings (SSSR count). The molecule has 2 aromatic carbocycles. The number of rotatable bonds is 6. The molecule has 1 aliphatic rings. The van der Waals surface area contributed by atoms with E-state index in [1.165, 1.54) is 0 Å². The average molecular weight is 399 g/mol. The van der Waals surface area contributed by atoms with Crippen molar-refractivity contribution in [2.24, 2.45) is 10.9 Å². The van der Waals surface area contributed by atoms with E-state index in [-0.39, 0.29) is 17.7 Å². The van der Waals surface area contributed by atoms with Crippen LogP contribution in [0.3, 0.4) is 0 Å². The number of fused-ring (bicyclic) bond motifs is 1. The summed E-state index contributed by atoms with van der Waals surface area (Å²) in [5, 5.41) is 5.12. The van der Waals surface area contributed by atoms with E-state index >= 15 is 0 Å². The fourth-order valence-electron chi connectivity index (χ4n) is 2.99. The molecular weight excluding hydrogens is 376 g/mol. The van der Waals surface area contributed by atoms with Gasteiger partial charge in [0.25, 0.3) is 11.8 Å². The first-order chi connectivity index (χ1) is 13.2. The first-order valence-electron chi connectivity index (χ1n) is 9.18. The molecule has 0 aromatic heterocycles. The van der Waals surface area contributed by atoms with Crippen LogP contribution < -0.4 is 20.6 Å². The first-order valence-corrected chi connectivity index (χ1v) is 9.56. The SMILES string of the molecule is Cc1ccc2c(c1)=NC(=O)C(CCNC(=O)C(C)(C)Oc1ccc(Cl)cc1)C=2. The molecule has 28 heavy (non-hydrogen) atoms. The van der Waals surface area contributed by atoms with Crippen LogP contribution in [0.15, 0.2) is 47.5 Å². The lowest BCUT2D eigenvalue weighted by Gasteiger charge is -2.25. The molecule has 5 nitrogen and oxygen atoms in total. The Morgan fingerprint density at radius 2 is 1.93 bits per heavy atom. The summed E-state index contributed by atoms with van der Waals surface area (Å²) in [5.41, 5.74) is 0.0140. The van der Waals surface area contributed by atoms with Crippen molar-refractivity contribution in [3.05, 3.63) is 63.6 Å². The monoisotopic (exact) mass is 398 g/mol. The first kappa shape index (κ1) is 20.1. The number of hydrogen-bond donors (Lipinski definition) is 1. The van der Waals surface area contributed by atoms with Gasteiger partial charge in [-0.2, -0.15) is 0 Å². The number of aryl methyl sites for hydroxylation is 1. The number of ether oxygens (including phenoxy) is 1. The summed E-state index contributed by atoms with van der Waals surface area (Å²) in [6.07, 6.45) is 2.41. The zero-order chi connectivity index (χ0) is 20.3. The Hall–Kier alpha value is -2.66. The van der Waals surface area contributed by atoms with Crippen LogP contribution in [0.2, 0.25) is 5.02 Å². The highest BCUT2D eigenvalue weighted by molar-refractivity contribution is 6.30. The molecule has 0 fully saturated rings. The third-order valence-corrected chi connectivity index (χ3v) is 4.84. The molecule has 2 amide bonds. The summed E-state index contributed by atoms with van der Waals surface area (Å²) in [6, 6.07) is 12.7. The van der Waals surface area contributed by atoms with Gasteiger partial charge in [-0.25, -0.2) is 4.99 Å². The second kappa shape index (κ2) is 8.15. The molecule has 146 valence electrons. The third kappa shape index (κ3) is 4.78. The lowest BCUT2D eigenvalue weighted by Crippen LogP contribution is -2.47. The predicted molar refractivity (Wildman–Crippen MR) is 109 cm³/mol. The summed E-state index contributed by atoms with van der Waals surface area (Å²) in [4.78, 5) is 29.0. The van der Waals surface area contributed by atoms with Crippen molar-refractivity contribution in [3.63, 3.8) is 0 Å². The van der Waals surface area contributed by atoms with Gasteiger partial charge in [0.05, 0.1) is 11.3 Å². The van der Waals surface area contributed by atoms with Crippen molar-refractivity contribution in [1.82, 2.24) is 5.32 Å². The van der Waals surface area contributed by atoms with Crippen molar-refractivity contribution in [1.29, 1.82) is 0 Å². The van der Waals surface area contributed by atoms with Crippen LogP contribution in [0.5, 0.6) is 5.75 Å². The van der Waals surface area contributed by atoms with Gasteiger partial charge in [-0.1, -0.05) is 29.8 Å². The van der Waals surface area contributed by atoms with Crippen LogP contribution in [0.4, 0.5) is 0 Å². The zero-order valence-corrected chi connectivity index (χ0v) is 16.9. The van der Waals surface area contributed by atoms with Crippen LogP contribution in [0.25, 0.3) is 6.08 Å². The Bertz CT molecular complexity index is 1010. The fourth-order valence-corrected chi connectivity index (χ4v) is 3.11. The van der Waals surface area contributed by atoms with Gasteiger partial charge in [0, 0.05) is 11.6 Å². The third-order valence-electron chi connectivity index (χ3n) is 4.59. The number of carbonyl (C=O) groups is 2. The Labute approximate surface area is 169 Å². The molecule has 0 radical (unpaired) electrons. The Morgan fingerprint density at radius 1 is 1.21 bits per heavy atom. The van der Waals surface area contributed by atoms with E-state index in [4.69, 9.17) is 16.3 Å². The van der Waals surface area contributed by atoms with Crippen molar-refractivity contribution >= 4 is 29.5 Å². The number of amides is 2. The van der Waals surface area contributed by atoms with Gasteiger partial charge in [-0.15, -0.1) is 0 Å². The van der Waals surface area contributed by atoms with Gasteiger partial charge in [-0.3, -0.25) is 9.59 Å². The second-order valence-electron chi connectivity index (χ2n) is 7.40. The maximum Gasteiger partial charge on any atom is 0.263 e. The molecule has 0 saturated heterocycles. The lowest BCUT2D eigenvalue weighted by atomic mass is 9.99. The van der Waals surface area contributed by atoms with Crippen LogP contribution >= 0.6 is 11.6 Å². The summed E-state index contributed by atoms with van der Waals surface area (Å²) in [5.74, 6) is -0.204. The highest BCUT2D eigenvalue weighted by Crippen LogP contribution is 2.21. The Balaban J connectivity index is 1.58. The molecule has 0 bridgehead atoms. The lowest BCUT2D eigenvalue weighted by molar-refractivity contribution is -0.134. The van der Waals surface area contributed by atoms with Crippen molar-refractivity contribution in [2.45, 2.75) is 32.8 Å². The van der Waals surface area contributed by atoms with Gasteiger partial charge in [0.1, 0.15) is 5.75 Å². The maximum absolute atomic E-state index is 12.5. The topological polar surface area (TPSA) is 67.8 Å². The number of nitrogens with zero attached hydrogens (tertiary/aromatic N) is 1. The molecule has 1 heterocycles. The van der Waals surface area contributed by atoms with Crippen LogP contribution in [0, 0.1) is 12.8 Å². The fraction of sp³-hybridized carbons (Fsp3) is 0.318. The number of halogens is 1. The Kier molecular flexibility index (Phi) is 5.84. The predicted octanol–water partition coefficient (Wildman–Crippen LogP) is 2.57. The average Bonchev–Trinajstić information content (AvgIpc) is 2.64. The van der Waals surface area contributed by atoms with E-state index in [0.29, 0.717) is 29.1 Å². The van der Waals surface area contributed by atoms with Gasteiger partial charge < -0.3 is 10.1 Å². The van der Waals surface area contributed by atoms with E-state index in [0.717, 1.165) is 10.8 Å². The van der Waals surface area contributed by atoms with Crippen LogP contribution in [0.1, 0.15) is 25.8 Å². The van der Waals surface area contributed by atoms with E-state index in [1.54, 1.807) is 38.1 Å². The minimum absolute atomic E-state index is 0.177. The summed E-state index contributed by atoms with van der Waals surface area (Å²) in [7, 11) is 0. The standard InChI is InChI=1S/C22H23ClN2O3/c1-14-4-5-15-13-16(20(26)25-19(15)12-14)10-11-24-21(27)22(2,3)28-18-8-6-17(23)7-9-18/h4-9,12-13,16H,10-11H2,1-3H3,(H,24,27). The molecule has 1 atom stereocenters. The zero-order valence-electron chi connectivity index (χ0n) is 16.2. The van der Waals surface area contributed by atoms with E-state index < -0.39 is 5.60 Å². The minimum Gasteiger partial charge on any atom is -0.478 e. The Morgan fingerprint density at radius 3 is 2.64 bits per heavy atom. The van der Waals surface area contributed by atoms with Gasteiger partial charge in [0.2, 0.25) is 0 Å². The maximum atomic E-state index is 12.5. The summed E-state index contributed by atoms with van der Waals surface area (Å²) < 4.78 is 5.78. The second-order valence-corrected chi connectivity index (χ2v) is 7.83. The van der Waals surface area contributed by atoms with Crippen LogP contribution in [-0.2, 0) is 9.59 Å². The summed E-state index contributed by atoms with van der Waals surface area (Å²) in [6.45, 7) is 5.72. The molecule has 6 heteroatoms. The smallest absolute Gasteiger partial charge is 0.263 e. The number of carbonyl (C=O) groups excluding carboxylic acids is 2.